The second-order valence-electron chi connectivity index (χ2n) is 4.89. The minimum absolute atomic E-state index is 0.136. The normalized spacial score (nSPS) is 11.5. The molecular weight excluding hydrogens is 363 g/mol. The number of carbonyl (C=O) groups is 1. The van der Waals surface area contributed by atoms with Gasteiger partial charge in [0.25, 0.3) is 5.16 Å². The molecule has 1 aromatic carbocycles. The molecule has 0 fully saturated rings. The first-order valence-corrected chi connectivity index (χ1v) is 8.90. The van der Waals surface area contributed by atoms with Crippen molar-refractivity contribution in [1.82, 2.24) is 14.8 Å². The van der Waals surface area contributed by atoms with E-state index in [4.69, 9.17) is 11.6 Å². The zero-order chi connectivity index (χ0) is 17.9. The predicted molar refractivity (Wildman–Crippen MR) is 85.2 cm³/mol. The highest BCUT2D eigenvalue weighted by molar-refractivity contribution is 7.92. The zero-order valence-corrected chi connectivity index (χ0v) is 14.1. The third kappa shape index (κ3) is 4.01. The van der Waals surface area contributed by atoms with E-state index in [9.17, 15) is 22.4 Å². The lowest BCUT2D eigenvalue weighted by atomic mass is 10.3. The van der Waals surface area contributed by atoms with Gasteiger partial charge in [0.05, 0.1) is 5.69 Å². The SMILES string of the molecule is CCCn1c(S(=O)(=O)CC(=O)Nc2ccc(Cl)cc2F)n[nH]c1=O. The van der Waals surface area contributed by atoms with Crippen LogP contribution in [0.4, 0.5) is 10.1 Å². The summed E-state index contributed by atoms with van der Waals surface area (Å²) >= 11 is 5.60. The summed E-state index contributed by atoms with van der Waals surface area (Å²) in [5.41, 5.74) is -0.882. The van der Waals surface area contributed by atoms with E-state index in [1.165, 1.54) is 12.1 Å². The average Bonchev–Trinajstić information content (AvgIpc) is 2.84. The smallest absolute Gasteiger partial charge is 0.323 e. The van der Waals surface area contributed by atoms with Crippen LogP contribution in [0, 0.1) is 5.82 Å². The fourth-order valence-corrected chi connectivity index (χ4v) is 3.38. The van der Waals surface area contributed by atoms with Gasteiger partial charge in [-0.1, -0.05) is 18.5 Å². The number of aromatic nitrogens is 3. The third-order valence-electron chi connectivity index (χ3n) is 2.97. The van der Waals surface area contributed by atoms with Crippen molar-refractivity contribution in [1.29, 1.82) is 0 Å². The van der Waals surface area contributed by atoms with Gasteiger partial charge in [0.1, 0.15) is 11.6 Å². The first-order valence-electron chi connectivity index (χ1n) is 6.87. The van der Waals surface area contributed by atoms with Gasteiger partial charge in [0, 0.05) is 11.6 Å². The lowest BCUT2D eigenvalue weighted by Crippen LogP contribution is -2.27. The lowest BCUT2D eigenvalue weighted by Gasteiger charge is -2.08. The molecule has 0 radical (unpaired) electrons. The van der Waals surface area contributed by atoms with Crippen LogP contribution >= 0.6 is 11.6 Å². The number of rotatable bonds is 6. The van der Waals surface area contributed by atoms with Crippen molar-refractivity contribution in [3.8, 4) is 0 Å². The van der Waals surface area contributed by atoms with Gasteiger partial charge in [-0.2, -0.15) is 0 Å². The Balaban J connectivity index is 2.20. The fraction of sp³-hybridized carbons (Fsp3) is 0.308. The van der Waals surface area contributed by atoms with Crippen LogP contribution in [0.3, 0.4) is 0 Å². The minimum Gasteiger partial charge on any atom is -0.323 e. The molecule has 11 heteroatoms. The van der Waals surface area contributed by atoms with E-state index in [-0.39, 0.29) is 17.3 Å². The van der Waals surface area contributed by atoms with E-state index in [1.807, 2.05) is 5.10 Å². The van der Waals surface area contributed by atoms with Crippen molar-refractivity contribution in [2.24, 2.45) is 0 Å². The standard InChI is InChI=1S/C13H14ClFN4O4S/c1-2-5-19-12(21)17-18-13(19)24(22,23)7-11(20)16-10-4-3-8(14)6-9(10)15/h3-4,6H,2,5,7H2,1H3,(H,16,20)(H,17,21). The zero-order valence-electron chi connectivity index (χ0n) is 12.5. The van der Waals surface area contributed by atoms with Gasteiger partial charge < -0.3 is 5.32 Å². The van der Waals surface area contributed by atoms with Crippen LogP contribution in [0.5, 0.6) is 0 Å². The Morgan fingerprint density at radius 2 is 2.17 bits per heavy atom. The Morgan fingerprint density at radius 3 is 2.79 bits per heavy atom. The number of H-pyrrole nitrogens is 1. The molecule has 0 aliphatic carbocycles. The first-order chi connectivity index (χ1) is 11.2. The van der Waals surface area contributed by atoms with E-state index < -0.39 is 38.2 Å². The summed E-state index contributed by atoms with van der Waals surface area (Å²) in [5.74, 6) is -2.74. The highest BCUT2D eigenvalue weighted by atomic mass is 35.5. The van der Waals surface area contributed by atoms with Crippen LogP contribution in [-0.2, 0) is 21.2 Å². The van der Waals surface area contributed by atoms with E-state index in [1.54, 1.807) is 6.92 Å². The summed E-state index contributed by atoms with van der Waals surface area (Å²) < 4.78 is 39.1. The molecule has 0 aliphatic heterocycles. The molecule has 0 atom stereocenters. The molecule has 0 bridgehead atoms. The molecule has 1 amide bonds. The molecule has 0 saturated carbocycles. The first kappa shape index (κ1) is 18.1. The van der Waals surface area contributed by atoms with Gasteiger partial charge in [0.2, 0.25) is 15.7 Å². The molecule has 2 aromatic rings. The van der Waals surface area contributed by atoms with Crippen LogP contribution in [-0.4, -0.2) is 34.8 Å². The second kappa shape index (κ2) is 7.14. The van der Waals surface area contributed by atoms with Crippen molar-refractivity contribution in [2.45, 2.75) is 25.0 Å². The number of carbonyl (C=O) groups excluding carboxylic acids is 1. The molecule has 0 aliphatic rings. The van der Waals surface area contributed by atoms with Crippen LogP contribution in [0.2, 0.25) is 5.02 Å². The summed E-state index contributed by atoms with van der Waals surface area (Å²) in [6.07, 6.45) is 0.504. The quantitative estimate of drug-likeness (QED) is 0.785. The Hall–Kier alpha value is -2.20. The van der Waals surface area contributed by atoms with Gasteiger partial charge in [-0.15, -0.1) is 5.10 Å². The Labute approximate surface area is 141 Å². The van der Waals surface area contributed by atoms with Crippen molar-refractivity contribution >= 4 is 33.0 Å². The fourth-order valence-electron chi connectivity index (χ4n) is 1.98. The number of amides is 1. The van der Waals surface area contributed by atoms with Crippen molar-refractivity contribution < 1.29 is 17.6 Å². The van der Waals surface area contributed by atoms with E-state index >= 15 is 0 Å². The monoisotopic (exact) mass is 376 g/mol. The topological polar surface area (TPSA) is 114 Å². The van der Waals surface area contributed by atoms with Crippen molar-refractivity contribution in [3.63, 3.8) is 0 Å². The maximum atomic E-state index is 13.6. The highest BCUT2D eigenvalue weighted by Crippen LogP contribution is 2.19. The van der Waals surface area contributed by atoms with E-state index in [2.05, 4.69) is 10.4 Å². The molecule has 2 rings (SSSR count). The average molecular weight is 377 g/mol. The molecule has 130 valence electrons. The summed E-state index contributed by atoms with van der Waals surface area (Å²) in [4.78, 5) is 23.4. The third-order valence-corrected chi connectivity index (χ3v) is 4.72. The number of hydrogen-bond donors (Lipinski definition) is 2. The minimum atomic E-state index is -4.17. The maximum absolute atomic E-state index is 13.6. The largest absolute Gasteiger partial charge is 0.344 e. The molecule has 8 nitrogen and oxygen atoms in total. The highest BCUT2D eigenvalue weighted by Gasteiger charge is 2.26. The van der Waals surface area contributed by atoms with Gasteiger partial charge >= 0.3 is 5.69 Å². The molecule has 1 aromatic heterocycles. The summed E-state index contributed by atoms with van der Waals surface area (Å²) in [7, 11) is -4.17. The maximum Gasteiger partial charge on any atom is 0.344 e. The number of benzene rings is 1. The van der Waals surface area contributed by atoms with Crippen LogP contribution in [0.25, 0.3) is 0 Å². The summed E-state index contributed by atoms with van der Waals surface area (Å²) in [5, 5.41) is 7.25. The molecule has 0 spiro atoms. The molecule has 0 saturated heterocycles. The van der Waals surface area contributed by atoms with Crippen LogP contribution in [0.1, 0.15) is 13.3 Å². The van der Waals surface area contributed by atoms with Gasteiger partial charge in [-0.25, -0.2) is 22.7 Å². The Bertz CT molecular complexity index is 922. The van der Waals surface area contributed by atoms with Gasteiger partial charge in [-0.3, -0.25) is 9.36 Å². The van der Waals surface area contributed by atoms with E-state index in [0.717, 1.165) is 10.6 Å². The number of anilines is 1. The summed E-state index contributed by atoms with van der Waals surface area (Å²) in [6.45, 7) is 1.89. The molecule has 0 unspecified atom stereocenters. The number of sulfone groups is 1. The molecular formula is C13H14ClFN4O4S. The lowest BCUT2D eigenvalue weighted by molar-refractivity contribution is -0.113. The molecule has 2 N–H and O–H groups in total. The van der Waals surface area contributed by atoms with Crippen molar-refractivity contribution in [3.05, 3.63) is 39.5 Å². The number of aromatic amines is 1. The summed E-state index contributed by atoms with van der Waals surface area (Å²) in [6, 6.07) is 3.55. The number of nitrogens with one attached hydrogen (secondary N) is 2. The Kier molecular flexibility index (Phi) is 5.40. The second-order valence-corrected chi connectivity index (χ2v) is 7.21. The van der Waals surface area contributed by atoms with Crippen molar-refractivity contribution in [2.75, 3.05) is 11.1 Å². The predicted octanol–water partition coefficient (Wildman–Crippen LogP) is 1.19. The number of hydrogen-bond acceptors (Lipinski definition) is 5. The van der Waals surface area contributed by atoms with Gasteiger partial charge in [-0.05, 0) is 24.6 Å². The van der Waals surface area contributed by atoms with Crippen LogP contribution < -0.4 is 11.0 Å². The Morgan fingerprint density at radius 1 is 1.46 bits per heavy atom. The van der Waals surface area contributed by atoms with Crippen LogP contribution in [0.15, 0.2) is 28.2 Å². The molecule has 1 heterocycles. The molecule has 24 heavy (non-hydrogen) atoms. The number of halogens is 2. The van der Waals surface area contributed by atoms with E-state index in [0.29, 0.717) is 6.42 Å². The van der Waals surface area contributed by atoms with Gasteiger partial charge in [0.15, 0.2) is 0 Å². The number of nitrogens with zero attached hydrogens (tertiary/aromatic N) is 2.